The Morgan fingerprint density at radius 1 is 1.43 bits per heavy atom. The number of ether oxygens (including phenoxy) is 1. The molecule has 0 radical (unpaired) electrons. The number of nitrogens with one attached hydrogen (secondary N) is 2. The summed E-state index contributed by atoms with van der Waals surface area (Å²) >= 11 is 1.57. The molecule has 2 amide bonds. The largest absolute Gasteiger partial charge is 0.464 e. The third-order valence-corrected chi connectivity index (χ3v) is 4.88. The molecule has 0 aromatic carbocycles. The number of carbonyl (C=O) groups is 1. The highest BCUT2D eigenvalue weighted by Crippen LogP contribution is 2.29. The number of hydrogen-bond donors (Lipinski definition) is 2. The van der Waals surface area contributed by atoms with Crippen molar-refractivity contribution in [3.8, 4) is 0 Å². The van der Waals surface area contributed by atoms with Crippen LogP contribution in [0.2, 0.25) is 0 Å². The van der Waals surface area contributed by atoms with Crippen molar-refractivity contribution in [2.75, 3.05) is 19.0 Å². The number of rotatable bonds is 5. The molecule has 7 heteroatoms. The fourth-order valence-corrected chi connectivity index (χ4v) is 3.74. The number of aromatic nitrogens is 1. The van der Waals surface area contributed by atoms with Crippen LogP contribution < -0.4 is 10.6 Å². The van der Waals surface area contributed by atoms with Crippen molar-refractivity contribution in [3.05, 3.63) is 34.2 Å². The highest BCUT2D eigenvalue weighted by molar-refractivity contribution is 7.15. The van der Waals surface area contributed by atoms with Crippen molar-refractivity contribution in [1.29, 1.82) is 0 Å². The summed E-state index contributed by atoms with van der Waals surface area (Å²) in [4.78, 5) is 18.0. The molecule has 0 aliphatic heterocycles. The van der Waals surface area contributed by atoms with E-state index in [0.717, 1.165) is 24.3 Å². The molecule has 0 saturated heterocycles. The highest BCUT2D eigenvalue weighted by Gasteiger charge is 2.20. The van der Waals surface area contributed by atoms with E-state index in [2.05, 4.69) is 15.6 Å². The molecule has 2 aromatic rings. The Balaban J connectivity index is 1.63. The van der Waals surface area contributed by atoms with Crippen LogP contribution in [-0.4, -0.2) is 24.7 Å². The van der Waals surface area contributed by atoms with E-state index in [4.69, 9.17) is 9.15 Å². The van der Waals surface area contributed by atoms with Crippen molar-refractivity contribution >= 4 is 22.5 Å². The SMILES string of the molecule is COCC(NC(=O)Nc1nc2c(s1)CCCC2)c1ccc(C)o1. The van der Waals surface area contributed by atoms with Gasteiger partial charge in [0.15, 0.2) is 5.13 Å². The van der Waals surface area contributed by atoms with Crippen LogP contribution in [-0.2, 0) is 17.6 Å². The molecular formula is C16H21N3O3S. The van der Waals surface area contributed by atoms with Gasteiger partial charge >= 0.3 is 6.03 Å². The second kappa shape index (κ2) is 7.14. The van der Waals surface area contributed by atoms with Crippen molar-refractivity contribution in [3.63, 3.8) is 0 Å². The number of thiazole rings is 1. The number of methoxy groups -OCH3 is 1. The number of aryl methyl sites for hydroxylation is 3. The van der Waals surface area contributed by atoms with Gasteiger partial charge in [-0.05, 0) is 44.7 Å². The Hall–Kier alpha value is -1.86. The third-order valence-electron chi connectivity index (χ3n) is 3.81. The Labute approximate surface area is 139 Å². The summed E-state index contributed by atoms with van der Waals surface area (Å²) in [6.07, 6.45) is 4.45. The first-order valence-corrected chi connectivity index (χ1v) is 8.58. The molecule has 0 saturated carbocycles. The molecule has 124 valence electrons. The smallest absolute Gasteiger partial charge is 0.321 e. The zero-order valence-corrected chi connectivity index (χ0v) is 14.2. The van der Waals surface area contributed by atoms with Crippen LogP contribution in [0.15, 0.2) is 16.5 Å². The number of nitrogens with zero attached hydrogens (tertiary/aromatic N) is 1. The number of anilines is 1. The average molecular weight is 335 g/mol. The second-order valence-corrected chi connectivity index (χ2v) is 6.73. The van der Waals surface area contributed by atoms with E-state index >= 15 is 0 Å². The molecule has 1 aliphatic carbocycles. The van der Waals surface area contributed by atoms with Gasteiger partial charge in [0.1, 0.15) is 17.6 Å². The molecule has 1 atom stereocenters. The van der Waals surface area contributed by atoms with Crippen LogP contribution >= 0.6 is 11.3 Å². The predicted molar refractivity (Wildman–Crippen MR) is 89.0 cm³/mol. The topological polar surface area (TPSA) is 76.4 Å². The normalized spacial score (nSPS) is 15.0. The number of carbonyl (C=O) groups excluding carboxylic acids is 1. The average Bonchev–Trinajstić information content (AvgIpc) is 3.12. The van der Waals surface area contributed by atoms with Gasteiger partial charge in [0.05, 0.1) is 12.3 Å². The van der Waals surface area contributed by atoms with Crippen LogP contribution in [0.1, 0.15) is 41.0 Å². The van der Waals surface area contributed by atoms with Crippen molar-refractivity contribution in [1.82, 2.24) is 10.3 Å². The minimum absolute atomic E-state index is 0.299. The van der Waals surface area contributed by atoms with Crippen LogP contribution in [0.25, 0.3) is 0 Å². The number of amides is 2. The molecule has 0 bridgehead atoms. The predicted octanol–water partition coefficient (Wildman–Crippen LogP) is 3.43. The Kier molecular flexibility index (Phi) is 4.97. The minimum atomic E-state index is -0.330. The van der Waals surface area contributed by atoms with Gasteiger partial charge in [0, 0.05) is 12.0 Å². The van der Waals surface area contributed by atoms with Crippen LogP contribution in [0.3, 0.4) is 0 Å². The molecule has 1 aliphatic rings. The van der Waals surface area contributed by atoms with E-state index < -0.39 is 0 Å². The van der Waals surface area contributed by atoms with Gasteiger partial charge in [-0.2, -0.15) is 0 Å². The Bertz CT molecular complexity index is 656. The fourth-order valence-electron chi connectivity index (χ4n) is 2.70. The molecule has 0 fully saturated rings. The highest BCUT2D eigenvalue weighted by atomic mass is 32.1. The van der Waals surface area contributed by atoms with Crippen molar-refractivity contribution in [2.45, 2.75) is 38.6 Å². The molecule has 1 unspecified atom stereocenters. The summed E-state index contributed by atoms with van der Waals surface area (Å²) in [6, 6.07) is 3.09. The van der Waals surface area contributed by atoms with Crippen molar-refractivity contribution in [2.24, 2.45) is 0 Å². The molecule has 0 spiro atoms. The first-order chi connectivity index (χ1) is 11.2. The maximum absolute atomic E-state index is 12.2. The summed E-state index contributed by atoms with van der Waals surface area (Å²) in [5.74, 6) is 1.48. The maximum atomic E-state index is 12.2. The van der Waals surface area contributed by atoms with Gasteiger partial charge in [-0.3, -0.25) is 5.32 Å². The van der Waals surface area contributed by atoms with E-state index in [1.165, 1.54) is 17.7 Å². The lowest BCUT2D eigenvalue weighted by Gasteiger charge is -2.15. The molecule has 6 nitrogen and oxygen atoms in total. The lowest BCUT2D eigenvalue weighted by Crippen LogP contribution is -2.34. The van der Waals surface area contributed by atoms with Gasteiger partial charge in [0.25, 0.3) is 0 Å². The zero-order valence-electron chi connectivity index (χ0n) is 13.3. The van der Waals surface area contributed by atoms with E-state index in [0.29, 0.717) is 17.5 Å². The standard InChI is InChI=1S/C16H21N3O3S/c1-10-7-8-13(22-10)12(9-21-2)17-15(20)19-16-18-11-5-3-4-6-14(11)23-16/h7-8,12H,3-6,9H2,1-2H3,(H2,17,18,19,20). The first kappa shape index (κ1) is 16.0. The van der Waals surface area contributed by atoms with E-state index in [-0.39, 0.29) is 12.1 Å². The van der Waals surface area contributed by atoms with Crippen LogP contribution in [0.4, 0.5) is 9.93 Å². The molecule has 2 aromatic heterocycles. The summed E-state index contributed by atoms with van der Waals surface area (Å²) in [7, 11) is 1.59. The number of fused-ring (bicyclic) bond motifs is 1. The van der Waals surface area contributed by atoms with Gasteiger partial charge in [-0.1, -0.05) is 0 Å². The molecule has 2 N–H and O–H groups in total. The number of hydrogen-bond acceptors (Lipinski definition) is 5. The number of urea groups is 1. The lowest BCUT2D eigenvalue weighted by molar-refractivity contribution is 0.158. The van der Waals surface area contributed by atoms with E-state index in [9.17, 15) is 4.79 Å². The minimum Gasteiger partial charge on any atom is -0.464 e. The van der Waals surface area contributed by atoms with Gasteiger partial charge in [0.2, 0.25) is 0 Å². The molecule has 23 heavy (non-hydrogen) atoms. The van der Waals surface area contributed by atoms with Crippen LogP contribution in [0.5, 0.6) is 0 Å². The summed E-state index contributed by atoms with van der Waals surface area (Å²) in [5, 5.41) is 6.35. The maximum Gasteiger partial charge on any atom is 0.321 e. The summed E-state index contributed by atoms with van der Waals surface area (Å²) in [6.45, 7) is 2.21. The fraction of sp³-hybridized carbons (Fsp3) is 0.500. The Morgan fingerprint density at radius 2 is 2.26 bits per heavy atom. The molecule has 3 rings (SSSR count). The van der Waals surface area contributed by atoms with Crippen LogP contribution in [0, 0.1) is 6.92 Å². The van der Waals surface area contributed by atoms with E-state index in [1.54, 1.807) is 18.4 Å². The quantitative estimate of drug-likeness (QED) is 0.877. The monoisotopic (exact) mass is 335 g/mol. The van der Waals surface area contributed by atoms with Crippen molar-refractivity contribution < 1.29 is 13.9 Å². The molecule has 2 heterocycles. The molecular weight excluding hydrogens is 314 g/mol. The second-order valence-electron chi connectivity index (χ2n) is 5.65. The summed E-state index contributed by atoms with van der Waals surface area (Å²) in [5.41, 5.74) is 1.13. The first-order valence-electron chi connectivity index (χ1n) is 7.77. The summed E-state index contributed by atoms with van der Waals surface area (Å²) < 4.78 is 10.7. The van der Waals surface area contributed by atoms with E-state index in [1.807, 2.05) is 19.1 Å². The Morgan fingerprint density at radius 3 is 2.96 bits per heavy atom. The van der Waals surface area contributed by atoms with Gasteiger partial charge < -0.3 is 14.5 Å². The van der Waals surface area contributed by atoms with Gasteiger partial charge in [-0.25, -0.2) is 9.78 Å². The van der Waals surface area contributed by atoms with Gasteiger partial charge in [-0.15, -0.1) is 11.3 Å². The zero-order chi connectivity index (χ0) is 16.2. The lowest BCUT2D eigenvalue weighted by atomic mass is 10.0. The number of furan rings is 1. The third kappa shape index (κ3) is 3.92.